The zero-order chi connectivity index (χ0) is 13.1. The van der Waals surface area contributed by atoms with E-state index in [1.165, 1.54) is 19.3 Å². The highest BCUT2D eigenvalue weighted by atomic mass is 16.4. The summed E-state index contributed by atoms with van der Waals surface area (Å²) in [7, 11) is 1.70. The van der Waals surface area contributed by atoms with E-state index in [2.05, 4.69) is 4.90 Å². The largest absolute Gasteiger partial charge is 0.481 e. The first-order chi connectivity index (χ1) is 8.58. The normalized spacial score (nSPS) is 28.2. The Labute approximate surface area is 108 Å². The van der Waals surface area contributed by atoms with E-state index in [4.69, 9.17) is 0 Å². The molecular weight excluding hydrogens is 232 g/mol. The first kappa shape index (κ1) is 13.3. The average Bonchev–Trinajstić information content (AvgIpc) is 2.51. The highest BCUT2D eigenvalue weighted by Gasteiger charge is 2.33. The van der Waals surface area contributed by atoms with Crippen LogP contribution in [0.15, 0.2) is 0 Å². The monoisotopic (exact) mass is 254 g/mol. The third kappa shape index (κ3) is 3.02. The number of carboxylic acids is 1. The molecule has 2 aliphatic rings. The molecule has 5 heteroatoms. The summed E-state index contributed by atoms with van der Waals surface area (Å²) in [5.74, 6) is -1.20. The molecule has 0 spiro atoms. The van der Waals surface area contributed by atoms with E-state index in [-0.39, 0.29) is 5.91 Å². The number of rotatable bonds is 2. The van der Waals surface area contributed by atoms with Crippen LogP contribution in [0.4, 0.5) is 0 Å². The molecule has 1 atom stereocenters. The van der Waals surface area contributed by atoms with E-state index < -0.39 is 11.9 Å². The van der Waals surface area contributed by atoms with Gasteiger partial charge in [-0.25, -0.2) is 0 Å². The van der Waals surface area contributed by atoms with Crippen molar-refractivity contribution in [3.05, 3.63) is 0 Å². The molecule has 1 unspecified atom stereocenters. The maximum absolute atomic E-state index is 11.9. The summed E-state index contributed by atoms with van der Waals surface area (Å²) in [5, 5.41) is 9.22. The standard InChI is InChI=1S/C13H22N2O3/c1-14-7-10(13(17)18)8-15(9-12(14)16)11-5-3-2-4-6-11/h10-11H,2-9H2,1H3,(H,17,18). The predicted octanol–water partition coefficient (Wildman–Crippen LogP) is 0.794. The topological polar surface area (TPSA) is 60.9 Å². The number of likely N-dealkylation sites (N-methyl/N-ethyl adjacent to an activating group) is 1. The van der Waals surface area contributed by atoms with Crippen LogP contribution in [0.25, 0.3) is 0 Å². The van der Waals surface area contributed by atoms with Gasteiger partial charge in [-0.05, 0) is 12.8 Å². The summed E-state index contributed by atoms with van der Waals surface area (Å²) in [4.78, 5) is 26.8. The van der Waals surface area contributed by atoms with Crippen molar-refractivity contribution < 1.29 is 14.7 Å². The zero-order valence-electron chi connectivity index (χ0n) is 11.0. The third-order valence-corrected chi connectivity index (χ3v) is 4.15. The second-order valence-corrected chi connectivity index (χ2v) is 5.53. The molecule has 2 rings (SSSR count). The SMILES string of the molecule is CN1CC(C(=O)O)CN(C2CCCCC2)CC1=O. The number of aliphatic carboxylic acids is 1. The summed E-state index contributed by atoms with van der Waals surface area (Å²) >= 11 is 0. The minimum Gasteiger partial charge on any atom is -0.481 e. The molecule has 0 bridgehead atoms. The lowest BCUT2D eigenvalue weighted by atomic mass is 9.93. The summed E-state index contributed by atoms with van der Waals surface area (Å²) in [6.45, 7) is 1.22. The van der Waals surface area contributed by atoms with Crippen LogP contribution in [0.2, 0.25) is 0 Å². The molecule has 1 saturated carbocycles. The van der Waals surface area contributed by atoms with Crippen molar-refractivity contribution in [3.8, 4) is 0 Å². The molecule has 0 aromatic rings. The van der Waals surface area contributed by atoms with E-state index in [9.17, 15) is 14.7 Å². The Balaban J connectivity index is 2.07. The average molecular weight is 254 g/mol. The van der Waals surface area contributed by atoms with Gasteiger partial charge < -0.3 is 10.0 Å². The highest BCUT2D eigenvalue weighted by Crippen LogP contribution is 2.24. The molecule has 1 aliphatic heterocycles. The van der Waals surface area contributed by atoms with Gasteiger partial charge in [0, 0.05) is 26.2 Å². The van der Waals surface area contributed by atoms with Crippen molar-refractivity contribution in [1.29, 1.82) is 0 Å². The van der Waals surface area contributed by atoms with Crippen molar-refractivity contribution in [2.75, 3.05) is 26.7 Å². The van der Waals surface area contributed by atoms with E-state index >= 15 is 0 Å². The van der Waals surface area contributed by atoms with Gasteiger partial charge in [0.1, 0.15) is 0 Å². The number of carbonyl (C=O) groups is 2. The molecule has 0 radical (unpaired) electrons. The van der Waals surface area contributed by atoms with Gasteiger partial charge in [-0.1, -0.05) is 19.3 Å². The Morgan fingerprint density at radius 2 is 1.89 bits per heavy atom. The van der Waals surface area contributed by atoms with Crippen LogP contribution in [0, 0.1) is 5.92 Å². The molecule has 1 N–H and O–H groups in total. The van der Waals surface area contributed by atoms with Gasteiger partial charge in [0.2, 0.25) is 5.91 Å². The van der Waals surface area contributed by atoms with Crippen molar-refractivity contribution >= 4 is 11.9 Å². The van der Waals surface area contributed by atoms with Gasteiger partial charge >= 0.3 is 5.97 Å². The van der Waals surface area contributed by atoms with E-state index in [0.717, 1.165) is 12.8 Å². The van der Waals surface area contributed by atoms with E-state index in [1.54, 1.807) is 11.9 Å². The van der Waals surface area contributed by atoms with Crippen LogP contribution in [-0.4, -0.2) is 59.5 Å². The van der Waals surface area contributed by atoms with Crippen LogP contribution < -0.4 is 0 Å². The molecule has 1 saturated heterocycles. The summed E-state index contributed by atoms with van der Waals surface area (Å²) < 4.78 is 0. The van der Waals surface area contributed by atoms with Crippen LogP contribution >= 0.6 is 0 Å². The first-order valence-corrected chi connectivity index (χ1v) is 6.78. The maximum Gasteiger partial charge on any atom is 0.309 e. The summed E-state index contributed by atoms with van der Waals surface area (Å²) in [6, 6.07) is 0.399. The molecule has 1 aliphatic carbocycles. The smallest absolute Gasteiger partial charge is 0.309 e. The van der Waals surface area contributed by atoms with Gasteiger partial charge in [-0.15, -0.1) is 0 Å². The summed E-state index contributed by atoms with van der Waals surface area (Å²) in [5.41, 5.74) is 0. The first-order valence-electron chi connectivity index (χ1n) is 6.78. The Morgan fingerprint density at radius 3 is 2.50 bits per heavy atom. The number of hydrogen-bond donors (Lipinski definition) is 1. The lowest BCUT2D eigenvalue weighted by molar-refractivity contribution is -0.142. The van der Waals surface area contributed by atoms with Gasteiger partial charge in [0.05, 0.1) is 12.5 Å². The maximum atomic E-state index is 11.9. The Bertz CT molecular complexity index is 326. The van der Waals surface area contributed by atoms with Crippen molar-refractivity contribution in [2.45, 2.75) is 38.1 Å². The Kier molecular flexibility index (Phi) is 4.22. The molecule has 102 valence electrons. The minimum atomic E-state index is -0.794. The quantitative estimate of drug-likeness (QED) is 0.791. The lowest BCUT2D eigenvalue weighted by Crippen LogP contribution is -2.42. The van der Waals surface area contributed by atoms with Crippen molar-refractivity contribution in [1.82, 2.24) is 9.80 Å². The number of amides is 1. The van der Waals surface area contributed by atoms with Gasteiger partial charge in [0.25, 0.3) is 0 Å². The fourth-order valence-corrected chi connectivity index (χ4v) is 3.01. The van der Waals surface area contributed by atoms with Crippen LogP contribution in [-0.2, 0) is 9.59 Å². The fourth-order valence-electron chi connectivity index (χ4n) is 3.01. The predicted molar refractivity (Wildman–Crippen MR) is 67.2 cm³/mol. The van der Waals surface area contributed by atoms with Crippen molar-refractivity contribution in [3.63, 3.8) is 0 Å². The molecule has 0 aromatic heterocycles. The number of hydrogen-bond acceptors (Lipinski definition) is 3. The molecular formula is C13H22N2O3. The van der Waals surface area contributed by atoms with Crippen LogP contribution in [0.1, 0.15) is 32.1 Å². The zero-order valence-corrected chi connectivity index (χ0v) is 11.0. The number of carbonyl (C=O) groups excluding carboxylic acids is 1. The molecule has 2 fully saturated rings. The van der Waals surface area contributed by atoms with Crippen LogP contribution in [0.3, 0.4) is 0 Å². The second kappa shape index (κ2) is 5.69. The lowest BCUT2D eigenvalue weighted by Gasteiger charge is -2.33. The van der Waals surface area contributed by atoms with Gasteiger partial charge in [0.15, 0.2) is 0 Å². The number of nitrogens with zero attached hydrogens (tertiary/aromatic N) is 2. The third-order valence-electron chi connectivity index (χ3n) is 4.15. The molecule has 18 heavy (non-hydrogen) atoms. The molecule has 1 heterocycles. The molecule has 1 amide bonds. The van der Waals surface area contributed by atoms with Gasteiger partial charge in [-0.3, -0.25) is 14.5 Å². The second-order valence-electron chi connectivity index (χ2n) is 5.53. The fraction of sp³-hybridized carbons (Fsp3) is 0.846. The minimum absolute atomic E-state index is 0.0457. The Morgan fingerprint density at radius 1 is 1.22 bits per heavy atom. The van der Waals surface area contributed by atoms with E-state index in [1.807, 2.05) is 0 Å². The molecule has 5 nitrogen and oxygen atoms in total. The van der Waals surface area contributed by atoms with Crippen molar-refractivity contribution in [2.24, 2.45) is 5.92 Å². The van der Waals surface area contributed by atoms with Gasteiger partial charge in [-0.2, -0.15) is 0 Å². The number of carboxylic acid groups (broad SMARTS) is 1. The van der Waals surface area contributed by atoms with Crippen LogP contribution in [0.5, 0.6) is 0 Å². The molecule has 0 aromatic carbocycles. The summed E-state index contributed by atoms with van der Waals surface area (Å²) in [6.07, 6.45) is 5.86. The highest BCUT2D eigenvalue weighted by molar-refractivity contribution is 5.80. The Hall–Kier alpha value is -1.10. The van der Waals surface area contributed by atoms with E-state index in [0.29, 0.717) is 25.7 Å².